The van der Waals surface area contributed by atoms with Crippen molar-refractivity contribution in [3.63, 3.8) is 0 Å². The summed E-state index contributed by atoms with van der Waals surface area (Å²) in [5.41, 5.74) is -0.228. The van der Waals surface area contributed by atoms with E-state index in [1.807, 2.05) is 0 Å². The molecule has 0 fully saturated rings. The number of benzene rings is 1. The quantitative estimate of drug-likeness (QED) is 0.430. The summed E-state index contributed by atoms with van der Waals surface area (Å²) in [5.74, 6) is 0. The number of nitro groups is 1. The Labute approximate surface area is 125 Å². The molecule has 1 aromatic carbocycles. The highest BCUT2D eigenvalue weighted by molar-refractivity contribution is 7.89. The van der Waals surface area contributed by atoms with Crippen molar-refractivity contribution in [1.82, 2.24) is 4.72 Å². The molecule has 1 aromatic rings. The summed E-state index contributed by atoms with van der Waals surface area (Å²) in [4.78, 5) is 10.0. The highest BCUT2D eigenvalue weighted by Crippen LogP contribution is 2.18. The average molecular weight is 314 g/mol. The van der Waals surface area contributed by atoms with E-state index in [4.69, 9.17) is 0 Å². The molecule has 0 radical (unpaired) electrons. The van der Waals surface area contributed by atoms with Crippen LogP contribution in [0.3, 0.4) is 0 Å². The molecule has 0 aromatic heterocycles. The van der Waals surface area contributed by atoms with Gasteiger partial charge in [-0.25, -0.2) is 13.1 Å². The Bertz CT molecular complexity index is 572. The van der Waals surface area contributed by atoms with E-state index in [2.05, 4.69) is 11.6 Å². The number of rotatable bonds is 9. The molecule has 0 bridgehead atoms. The first kappa shape index (κ1) is 17.6. The Hall–Kier alpha value is -1.47. The fraction of sp³-hybridized carbons (Fsp3) is 0.571. The van der Waals surface area contributed by atoms with E-state index in [0.29, 0.717) is 0 Å². The first-order valence-corrected chi connectivity index (χ1v) is 8.62. The van der Waals surface area contributed by atoms with Gasteiger partial charge in [-0.05, 0) is 19.4 Å². The largest absolute Gasteiger partial charge is 0.270 e. The molecule has 1 atom stereocenters. The number of sulfonamides is 1. The smallest absolute Gasteiger partial charge is 0.258 e. The molecular formula is C14H22N2O4S. The van der Waals surface area contributed by atoms with Crippen LogP contribution in [0, 0.1) is 10.1 Å². The summed E-state index contributed by atoms with van der Waals surface area (Å²) in [5, 5.41) is 10.7. The predicted molar refractivity (Wildman–Crippen MR) is 81.6 cm³/mol. The van der Waals surface area contributed by atoms with Crippen LogP contribution in [0.1, 0.15) is 46.0 Å². The molecule has 0 saturated carbocycles. The van der Waals surface area contributed by atoms with Gasteiger partial charge in [0.1, 0.15) is 0 Å². The molecule has 1 rings (SSSR count). The van der Waals surface area contributed by atoms with Crippen LogP contribution in [-0.4, -0.2) is 19.4 Å². The summed E-state index contributed by atoms with van der Waals surface area (Å²) in [7, 11) is -3.71. The van der Waals surface area contributed by atoms with Crippen LogP contribution in [0.25, 0.3) is 0 Å². The third-order valence-electron chi connectivity index (χ3n) is 3.19. The molecule has 0 heterocycles. The van der Waals surface area contributed by atoms with Gasteiger partial charge in [-0.3, -0.25) is 10.1 Å². The minimum absolute atomic E-state index is 0.0721. The first-order chi connectivity index (χ1) is 9.86. The third kappa shape index (κ3) is 5.81. The van der Waals surface area contributed by atoms with Crippen LogP contribution in [0.4, 0.5) is 5.69 Å². The Morgan fingerprint density at radius 2 is 2.00 bits per heavy atom. The van der Waals surface area contributed by atoms with Crippen molar-refractivity contribution < 1.29 is 13.3 Å². The molecule has 1 unspecified atom stereocenters. The minimum Gasteiger partial charge on any atom is -0.258 e. The van der Waals surface area contributed by atoms with Crippen LogP contribution < -0.4 is 4.72 Å². The van der Waals surface area contributed by atoms with Gasteiger partial charge in [0, 0.05) is 18.2 Å². The molecule has 118 valence electrons. The van der Waals surface area contributed by atoms with Gasteiger partial charge in [0.2, 0.25) is 10.0 Å². The van der Waals surface area contributed by atoms with Gasteiger partial charge in [-0.1, -0.05) is 38.7 Å². The van der Waals surface area contributed by atoms with Crippen molar-refractivity contribution in [2.45, 2.75) is 56.9 Å². The predicted octanol–water partition coefficient (Wildman–Crippen LogP) is 3.23. The molecular weight excluding hydrogens is 292 g/mol. The molecule has 0 saturated heterocycles. The summed E-state index contributed by atoms with van der Waals surface area (Å²) in [6, 6.07) is 4.89. The van der Waals surface area contributed by atoms with Crippen molar-refractivity contribution >= 4 is 15.7 Å². The molecule has 21 heavy (non-hydrogen) atoms. The third-order valence-corrected chi connectivity index (χ3v) is 4.77. The lowest BCUT2D eigenvalue weighted by Gasteiger charge is -2.14. The SMILES string of the molecule is CCCCCCC(C)NS(=O)(=O)c1cccc([N+](=O)[O-])c1. The molecule has 0 spiro atoms. The number of non-ortho nitro benzene ring substituents is 1. The van der Waals surface area contributed by atoms with Gasteiger partial charge in [0.25, 0.3) is 5.69 Å². The lowest BCUT2D eigenvalue weighted by Crippen LogP contribution is -2.32. The number of hydrogen-bond acceptors (Lipinski definition) is 4. The Balaban J connectivity index is 2.68. The highest BCUT2D eigenvalue weighted by Gasteiger charge is 2.19. The summed E-state index contributed by atoms with van der Waals surface area (Å²) in [6.45, 7) is 3.93. The number of unbranched alkanes of at least 4 members (excludes halogenated alkanes) is 3. The van der Waals surface area contributed by atoms with E-state index in [9.17, 15) is 18.5 Å². The summed E-state index contributed by atoms with van der Waals surface area (Å²) < 4.78 is 26.9. The van der Waals surface area contributed by atoms with E-state index >= 15 is 0 Å². The van der Waals surface area contributed by atoms with Crippen molar-refractivity contribution in [3.8, 4) is 0 Å². The lowest BCUT2D eigenvalue weighted by molar-refractivity contribution is -0.385. The summed E-state index contributed by atoms with van der Waals surface area (Å²) >= 11 is 0. The Morgan fingerprint density at radius 1 is 1.29 bits per heavy atom. The van der Waals surface area contributed by atoms with E-state index in [-0.39, 0.29) is 16.6 Å². The average Bonchev–Trinajstić information content (AvgIpc) is 2.43. The Kier molecular flexibility index (Phi) is 6.77. The van der Waals surface area contributed by atoms with Crippen molar-refractivity contribution in [3.05, 3.63) is 34.4 Å². The van der Waals surface area contributed by atoms with Crippen molar-refractivity contribution in [2.75, 3.05) is 0 Å². The van der Waals surface area contributed by atoms with Crippen LogP contribution in [0.15, 0.2) is 29.2 Å². The van der Waals surface area contributed by atoms with Crippen LogP contribution in [0.5, 0.6) is 0 Å². The zero-order valence-corrected chi connectivity index (χ0v) is 13.2. The molecule has 0 aliphatic carbocycles. The highest BCUT2D eigenvalue weighted by atomic mass is 32.2. The topological polar surface area (TPSA) is 89.3 Å². The van der Waals surface area contributed by atoms with Gasteiger partial charge in [0.15, 0.2) is 0 Å². The van der Waals surface area contributed by atoms with Crippen LogP contribution >= 0.6 is 0 Å². The second-order valence-corrected chi connectivity index (χ2v) is 6.84. The number of hydrogen-bond donors (Lipinski definition) is 1. The van der Waals surface area contributed by atoms with E-state index < -0.39 is 14.9 Å². The van der Waals surface area contributed by atoms with Gasteiger partial charge in [-0.2, -0.15) is 0 Å². The molecule has 6 nitrogen and oxygen atoms in total. The maximum absolute atomic E-state index is 12.2. The van der Waals surface area contributed by atoms with Crippen molar-refractivity contribution in [2.24, 2.45) is 0 Å². The number of nitrogens with zero attached hydrogens (tertiary/aromatic N) is 1. The normalized spacial score (nSPS) is 13.0. The first-order valence-electron chi connectivity index (χ1n) is 7.13. The van der Waals surface area contributed by atoms with E-state index in [0.717, 1.165) is 38.2 Å². The molecule has 7 heteroatoms. The van der Waals surface area contributed by atoms with Gasteiger partial charge in [-0.15, -0.1) is 0 Å². The summed E-state index contributed by atoms with van der Waals surface area (Å²) in [6.07, 6.45) is 5.08. The second kappa shape index (κ2) is 8.09. The van der Waals surface area contributed by atoms with Gasteiger partial charge < -0.3 is 0 Å². The van der Waals surface area contributed by atoms with Crippen molar-refractivity contribution in [1.29, 1.82) is 0 Å². The molecule has 1 N–H and O–H groups in total. The monoisotopic (exact) mass is 314 g/mol. The van der Waals surface area contributed by atoms with E-state index in [1.54, 1.807) is 6.92 Å². The van der Waals surface area contributed by atoms with Crippen LogP contribution in [0.2, 0.25) is 0 Å². The second-order valence-electron chi connectivity index (χ2n) is 5.13. The fourth-order valence-electron chi connectivity index (χ4n) is 2.03. The molecule has 0 aliphatic rings. The maximum atomic E-state index is 12.2. The lowest BCUT2D eigenvalue weighted by atomic mass is 10.1. The van der Waals surface area contributed by atoms with Gasteiger partial charge in [0.05, 0.1) is 9.82 Å². The fourth-order valence-corrected chi connectivity index (χ4v) is 3.35. The molecule has 0 amide bonds. The molecule has 0 aliphatic heterocycles. The van der Waals surface area contributed by atoms with Crippen LogP contribution in [-0.2, 0) is 10.0 Å². The number of nitrogens with one attached hydrogen (secondary N) is 1. The number of nitro benzene ring substituents is 1. The standard InChI is InChI=1S/C14H22N2O4S/c1-3-4-5-6-8-12(2)15-21(19,20)14-10-7-9-13(11-14)16(17)18/h7,9-12,15H,3-6,8H2,1-2H3. The zero-order chi connectivity index (χ0) is 15.9. The Morgan fingerprint density at radius 3 is 2.62 bits per heavy atom. The van der Waals surface area contributed by atoms with Gasteiger partial charge >= 0.3 is 0 Å². The minimum atomic E-state index is -3.71. The maximum Gasteiger partial charge on any atom is 0.270 e. The van der Waals surface area contributed by atoms with E-state index in [1.165, 1.54) is 18.2 Å². The zero-order valence-electron chi connectivity index (χ0n) is 12.4.